The van der Waals surface area contributed by atoms with Gasteiger partial charge in [-0.1, -0.05) is 32.0 Å². The van der Waals surface area contributed by atoms with Crippen molar-refractivity contribution < 1.29 is 19.6 Å². The van der Waals surface area contributed by atoms with Crippen LogP contribution in [-0.2, 0) is 16.1 Å². The van der Waals surface area contributed by atoms with Crippen LogP contribution in [0.2, 0.25) is 0 Å². The number of carbonyl (C=O) groups excluding carboxylic acids is 1. The van der Waals surface area contributed by atoms with Crippen LogP contribution < -0.4 is 5.32 Å². The number of rotatable bonds is 6. The monoisotopic (exact) mass is 280 g/mol. The number of carboxylic acids is 1. The number of para-hydroxylation sites is 1. The summed E-state index contributed by atoms with van der Waals surface area (Å²) in [6.45, 7) is 2.94. The van der Waals surface area contributed by atoms with E-state index in [9.17, 15) is 19.7 Å². The van der Waals surface area contributed by atoms with Crippen LogP contribution in [0, 0.1) is 22.0 Å². The number of nitrogens with one attached hydrogen (secondary N) is 1. The molecule has 1 aromatic rings. The number of amides is 1. The Hall–Kier alpha value is -2.44. The fraction of sp³-hybridized carbons (Fsp3) is 0.385. The van der Waals surface area contributed by atoms with Gasteiger partial charge in [-0.25, -0.2) is 0 Å². The number of hydrogen-bond acceptors (Lipinski definition) is 4. The lowest BCUT2D eigenvalue weighted by molar-refractivity contribution is -0.385. The molecule has 0 aliphatic heterocycles. The van der Waals surface area contributed by atoms with Crippen molar-refractivity contribution in [2.75, 3.05) is 0 Å². The summed E-state index contributed by atoms with van der Waals surface area (Å²) in [5.74, 6) is -3.03. The summed E-state index contributed by atoms with van der Waals surface area (Å²) < 4.78 is 0. The Morgan fingerprint density at radius 1 is 1.30 bits per heavy atom. The molecule has 2 atom stereocenters. The lowest BCUT2D eigenvalue weighted by atomic mass is 9.95. The molecule has 20 heavy (non-hydrogen) atoms. The Kier molecular flexibility index (Phi) is 5.19. The van der Waals surface area contributed by atoms with Crippen molar-refractivity contribution >= 4 is 17.6 Å². The molecule has 0 aliphatic rings. The van der Waals surface area contributed by atoms with Crippen LogP contribution in [0.5, 0.6) is 0 Å². The molecule has 7 heteroatoms. The molecular formula is C13H16N2O5. The largest absolute Gasteiger partial charge is 0.481 e. The number of aliphatic carboxylic acids is 1. The summed E-state index contributed by atoms with van der Waals surface area (Å²) in [6.07, 6.45) is 0. The molecule has 0 saturated heterocycles. The first-order chi connectivity index (χ1) is 9.34. The van der Waals surface area contributed by atoms with Crippen LogP contribution in [-0.4, -0.2) is 21.9 Å². The Morgan fingerprint density at radius 3 is 2.45 bits per heavy atom. The first kappa shape index (κ1) is 15.6. The van der Waals surface area contributed by atoms with E-state index in [4.69, 9.17) is 5.11 Å². The van der Waals surface area contributed by atoms with Gasteiger partial charge >= 0.3 is 5.97 Å². The van der Waals surface area contributed by atoms with Gasteiger partial charge in [0.25, 0.3) is 5.69 Å². The van der Waals surface area contributed by atoms with Gasteiger partial charge in [0.1, 0.15) is 0 Å². The number of carbonyl (C=O) groups is 2. The average molecular weight is 280 g/mol. The van der Waals surface area contributed by atoms with Crippen LogP contribution in [0.3, 0.4) is 0 Å². The van der Waals surface area contributed by atoms with Crippen LogP contribution in [0.25, 0.3) is 0 Å². The van der Waals surface area contributed by atoms with Crippen LogP contribution in [0.4, 0.5) is 5.69 Å². The molecule has 0 aromatic heterocycles. The Morgan fingerprint density at radius 2 is 1.90 bits per heavy atom. The van der Waals surface area contributed by atoms with Gasteiger partial charge < -0.3 is 10.4 Å². The van der Waals surface area contributed by atoms with E-state index in [1.807, 2.05) is 0 Å². The molecule has 0 aliphatic carbocycles. The molecule has 0 saturated carbocycles. The highest BCUT2D eigenvalue weighted by Crippen LogP contribution is 2.18. The third kappa shape index (κ3) is 3.78. The average Bonchev–Trinajstić information content (AvgIpc) is 2.43. The number of nitro groups is 1. The predicted octanol–water partition coefficient (Wildman–Crippen LogP) is 1.57. The van der Waals surface area contributed by atoms with Crippen molar-refractivity contribution in [2.24, 2.45) is 11.8 Å². The van der Waals surface area contributed by atoms with Crippen molar-refractivity contribution in [1.29, 1.82) is 0 Å². The van der Waals surface area contributed by atoms with Crippen LogP contribution in [0.1, 0.15) is 19.4 Å². The van der Waals surface area contributed by atoms with Gasteiger partial charge in [0.15, 0.2) is 0 Å². The van der Waals surface area contributed by atoms with E-state index in [0.717, 1.165) is 0 Å². The first-order valence-corrected chi connectivity index (χ1v) is 6.07. The summed E-state index contributed by atoms with van der Waals surface area (Å²) in [4.78, 5) is 32.9. The van der Waals surface area contributed by atoms with Crippen LogP contribution in [0.15, 0.2) is 24.3 Å². The maximum absolute atomic E-state index is 11.8. The maximum atomic E-state index is 11.8. The minimum absolute atomic E-state index is 0.00728. The lowest BCUT2D eigenvalue weighted by Gasteiger charge is -2.15. The summed E-state index contributed by atoms with van der Waals surface area (Å²) in [5, 5.41) is 22.2. The van der Waals surface area contributed by atoms with Crippen molar-refractivity contribution in [2.45, 2.75) is 20.4 Å². The number of hydrogen-bond donors (Lipinski definition) is 2. The molecule has 0 spiro atoms. The van der Waals surface area contributed by atoms with Gasteiger partial charge in [-0.05, 0) is 0 Å². The highest BCUT2D eigenvalue weighted by molar-refractivity contribution is 5.84. The molecule has 1 aromatic carbocycles. The number of nitro benzene ring substituents is 1. The Bertz CT molecular complexity index is 529. The van der Waals surface area contributed by atoms with Crippen molar-refractivity contribution in [3.8, 4) is 0 Å². The van der Waals surface area contributed by atoms with Gasteiger partial charge in [0.2, 0.25) is 5.91 Å². The molecule has 0 bridgehead atoms. The topological polar surface area (TPSA) is 110 Å². The van der Waals surface area contributed by atoms with E-state index in [1.54, 1.807) is 18.2 Å². The molecule has 0 heterocycles. The summed E-state index contributed by atoms with van der Waals surface area (Å²) in [7, 11) is 0. The zero-order valence-corrected chi connectivity index (χ0v) is 11.2. The number of nitrogens with zero attached hydrogens (tertiary/aromatic N) is 1. The Balaban J connectivity index is 2.71. The van der Waals surface area contributed by atoms with Gasteiger partial charge in [0, 0.05) is 24.1 Å². The third-order valence-corrected chi connectivity index (χ3v) is 3.19. The normalized spacial score (nSPS) is 13.3. The zero-order chi connectivity index (χ0) is 15.3. The highest BCUT2D eigenvalue weighted by Gasteiger charge is 2.25. The molecule has 0 radical (unpaired) electrons. The SMILES string of the molecule is CC(C(=O)O)C(C)C(=O)NCc1ccccc1[N+](=O)[O-]. The number of carboxylic acid groups (broad SMARTS) is 1. The molecule has 2 N–H and O–H groups in total. The zero-order valence-electron chi connectivity index (χ0n) is 11.2. The summed E-state index contributed by atoms with van der Waals surface area (Å²) in [5.41, 5.74) is 0.299. The maximum Gasteiger partial charge on any atom is 0.307 e. The highest BCUT2D eigenvalue weighted by atomic mass is 16.6. The van der Waals surface area contributed by atoms with Gasteiger partial charge in [-0.2, -0.15) is 0 Å². The molecule has 7 nitrogen and oxygen atoms in total. The van der Waals surface area contributed by atoms with E-state index < -0.39 is 28.6 Å². The van der Waals surface area contributed by atoms with Gasteiger partial charge in [-0.3, -0.25) is 19.7 Å². The predicted molar refractivity (Wildman–Crippen MR) is 70.9 cm³/mol. The second-order valence-electron chi connectivity index (χ2n) is 4.52. The van der Waals surface area contributed by atoms with Gasteiger partial charge in [0.05, 0.1) is 10.8 Å². The minimum Gasteiger partial charge on any atom is -0.481 e. The molecule has 1 amide bonds. The fourth-order valence-corrected chi connectivity index (χ4v) is 1.62. The van der Waals surface area contributed by atoms with Crippen molar-refractivity contribution in [3.63, 3.8) is 0 Å². The van der Waals surface area contributed by atoms with Crippen LogP contribution >= 0.6 is 0 Å². The molecule has 1 rings (SSSR count). The Labute approximate surface area is 115 Å². The second-order valence-corrected chi connectivity index (χ2v) is 4.52. The van der Waals surface area contributed by atoms with E-state index >= 15 is 0 Å². The fourth-order valence-electron chi connectivity index (χ4n) is 1.62. The van der Waals surface area contributed by atoms with E-state index in [1.165, 1.54) is 19.9 Å². The van der Waals surface area contributed by atoms with E-state index in [2.05, 4.69) is 5.32 Å². The number of benzene rings is 1. The smallest absolute Gasteiger partial charge is 0.307 e. The standard InChI is InChI=1S/C13H16N2O5/c1-8(9(2)13(17)18)12(16)14-7-10-5-3-4-6-11(10)15(19)20/h3-6,8-9H,7H2,1-2H3,(H,14,16)(H,17,18). The first-order valence-electron chi connectivity index (χ1n) is 6.07. The quantitative estimate of drug-likeness (QED) is 0.607. The van der Waals surface area contributed by atoms with E-state index in [0.29, 0.717) is 5.56 Å². The second kappa shape index (κ2) is 6.65. The molecule has 2 unspecified atom stereocenters. The minimum atomic E-state index is -1.06. The molecular weight excluding hydrogens is 264 g/mol. The summed E-state index contributed by atoms with van der Waals surface area (Å²) in [6, 6.07) is 6.07. The van der Waals surface area contributed by atoms with Gasteiger partial charge in [-0.15, -0.1) is 0 Å². The summed E-state index contributed by atoms with van der Waals surface area (Å²) >= 11 is 0. The van der Waals surface area contributed by atoms with E-state index in [-0.39, 0.29) is 12.2 Å². The lowest BCUT2D eigenvalue weighted by Crippen LogP contribution is -2.34. The molecule has 108 valence electrons. The van der Waals surface area contributed by atoms with Crippen molar-refractivity contribution in [1.82, 2.24) is 5.32 Å². The van der Waals surface area contributed by atoms with Crippen molar-refractivity contribution in [3.05, 3.63) is 39.9 Å². The molecule has 0 fully saturated rings. The third-order valence-electron chi connectivity index (χ3n) is 3.19.